The van der Waals surface area contributed by atoms with Crippen LogP contribution in [-0.2, 0) is 11.2 Å². The van der Waals surface area contributed by atoms with E-state index in [-0.39, 0.29) is 24.2 Å². The lowest BCUT2D eigenvalue weighted by molar-refractivity contribution is -0.119. The van der Waals surface area contributed by atoms with Gasteiger partial charge < -0.3 is 11.1 Å². The first-order valence-corrected chi connectivity index (χ1v) is 5.69. The van der Waals surface area contributed by atoms with Crippen molar-refractivity contribution in [2.75, 3.05) is 11.9 Å². The monoisotopic (exact) mass is 256 g/mol. The zero-order chi connectivity index (χ0) is 12.1. The van der Waals surface area contributed by atoms with Gasteiger partial charge in [0.15, 0.2) is 0 Å². The Hall–Kier alpha value is -1.06. The number of benzene rings is 1. The van der Waals surface area contributed by atoms with E-state index in [9.17, 15) is 4.79 Å². The minimum absolute atomic E-state index is 0. The molecule has 0 aliphatic rings. The molecular formula is C13H21ClN2O. The lowest BCUT2D eigenvalue weighted by Crippen LogP contribution is -2.26. The third-order valence-electron chi connectivity index (χ3n) is 2.80. The van der Waals surface area contributed by atoms with Crippen LogP contribution in [0.25, 0.3) is 0 Å². The SMILES string of the molecule is CCc1cc(NC(=O)C(C)CN)ccc1C.Cl. The van der Waals surface area contributed by atoms with Gasteiger partial charge >= 0.3 is 0 Å². The van der Waals surface area contributed by atoms with E-state index in [0.717, 1.165) is 12.1 Å². The fourth-order valence-corrected chi connectivity index (χ4v) is 1.50. The molecular weight excluding hydrogens is 236 g/mol. The predicted octanol–water partition coefficient (Wildman–Crippen LogP) is 2.51. The molecule has 0 spiro atoms. The van der Waals surface area contributed by atoms with Crippen molar-refractivity contribution in [1.29, 1.82) is 0 Å². The summed E-state index contributed by atoms with van der Waals surface area (Å²) in [6, 6.07) is 5.98. The van der Waals surface area contributed by atoms with E-state index in [0.29, 0.717) is 6.54 Å². The molecule has 0 aliphatic carbocycles. The average molecular weight is 257 g/mol. The number of hydrogen-bond acceptors (Lipinski definition) is 2. The van der Waals surface area contributed by atoms with E-state index >= 15 is 0 Å². The third kappa shape index (κ3) is 4.36. The summed E-state index contributed by atoms with van der Waals surface area (Å²) < 4.78 is 0. The Morgan fingerprint density at radius 2 is 2.12 bits per heavy atom. The lowest BCUT2D eigenvalue weighted by atomic mass is 10.1. The Kier molecular flexibility index (Phi) is 6.85. The largest absolute Gasteiger partial charge is 0.330 e. The van der Waals surface area contributed by atoms with Gasteiger partial charge in [-0.25, -0.2) is 0 Å². The van der Waals surface area contributed by atoms with Crippen molar-refractivity contribution in [1.82, 2.24) is 0 Å². The first-order chi connectivity index (χ1) is 7.58. The Bertz CT molecular complexity index is 380. The molecule has 1 atom stereocenters. The highest BCUT2D eigenvalue weighted by Crippen LogP contribution is 2.16. The Morgan fingerprint density at radius 1 is 1.47 bits per heavy atom. The van der Waals surface area contributed by atoms with E-state index in [1.807, 2.05) is 25.1 Å². The molecule has 4 heteroatoms. The molecule has 17 heavy (non-hydrogen) atoms. The lowest BCUT2D eigenvalue weighted by Gasteiger charge is -2.11. The van der Waals surface area contributed by atoms with Gasteiger partial charge in [-0.3, -0.25) is 4.79 Å². The van der Waals surface area contributed by atoms with Gasteiger partial charge in [0.2, 0.25) is 5.91 Å². The van der Waals surface area contributed by atoms with Crippen LogP contribution in [0.1, 0.15) is 25.0 Å². The quantitative estimate of drug-likeness (QED) is 0.870. The van der Waals surface area contributed by atoms with Crippen LogP contribution in [0.3, 0.4) is 0 Å². The number of carbonyl (C=O) groups is 1. The topological polar surface area (TPSA) is 55.1 Å². The van der Waals surface area contributed by atoms with Gasteiger partial charge in [-0.1, -0.05) is 19.9 Å². The number of halogens is 1. The molecule has 0 fully saturated rings. The number of carbonyl (C=O) groups excluding carboxylic acids is 1. The Balaban J connectivity index is 0.00000256. The van der Waals surface area contributed by atoms with Crippen LogP contribution in [0.4, 0.5) is 5.69 Å². The van der Waals surface area contributed by atoms with E-state index in [1.54, 1.807) is 0 Å². The second-order valence-corrected chi connectivity index (χ2v) is 4.12. The summed E-state index contributed by atoms with van der Waals surface area (Å²) in [4.78, 5) is 11.6. The standard InChI is InChI=1S/C13H20N2O.ClH/c1-4-11-7-12(6-5-9(11)2)15-13(16)10(3)8-14;/h5-7,10H,4,8,14H2,1-3H3,(H,15,16);1H. The average Bonchev–Trinajstić information content (AvgIpc) is 2.30. The van der Waals surface area contributed by atoms with Crippen LogP contribution < -0.4 is 11.1 Å². The zero-order valence-electron chi connectivity index (χ0n) is 10.6. The molecule has 1 rings (SSSR count). The second-order valence-electron chi connectivity index (χ2n) is 4.12. The fourth-order valence-electron chi connectivity index (χ4n) is 1.50. The molecule has 3 nitrogen and oxygen atoms in total. The Morgan fingerprint density at radius 3 is 2.65 bits per heavy atom. The molecule has 0 saturated carbocycles. The number of amides is 1. The van der Waals surface area contributed by atoms with Gasteiger partial charge in [0.25, 0.3) is 0 Å². The maximum absolute atomic E-state index is 11.6. The molecule has 3 N–H and O–H groups in total. The molecule has 0 saturated heterocycles. The van der Waals surface area contributed by atoms with Crippen molar-refractivity contribution in [3.8, 4) is 0 Å². The number of aryl methyl sites for hydroxylation is 2. The summed E-state index contributed by atoms with van der Waals surface area (Å²) in [6.45, 7) is 6.38. The molecule has 0 bridgehead atoms. The predicted molar refractivity (Wildman–Crippen MR) is 74.7 cm³/mol. The summed E-state index contributed by atoms with van der Waals surface area (Å²) in [5.41, 5.74) is 8.82. The maximum Gasteiger partial charge on any atom is 0.228 e. The highest BCUT2D eigenvalue weighted by molar-refractivity contribution is 5.92. The normalized spacial score (nSPS) is 11.5. The molecule has 96 valence electrons. The Labute approximate surface area is 109 Å². The minimum atomic E-state index is -0.147. The zero-order valence-corrected chi connectivity index (χ0v) is 11.4. The number of anilines is 1. The van der Waals surface area contributed by atoms with E-state index in [2.05, 4.69) is 19.2 Å². The van der Waals surface area contributed by atoms with Crippen molar-refractivity contribution in [3.05, 3.63) is 29.3 Å². The van der Waals surface area contributed by atoms with Crippen LogP contribution in [0.5, 0.6) is 0 Å². The number of rotatable bonds is 4. The molecule has 0 radical (unpaired) electrons. The molecule has 1 unspecified atom stereocenters. The molecule has 0 aliphatic heterocycles. The van der Waals surface area contributed by atoms with Gasteiger partial charge in [0.1, 0.15) is 0 Å². The highest BCUT2D eigenvalue weighted by Gasteiger charge is 2.10. The van der Waals surface area contributed by atoms with Crippen LogP contribution in [0, 0.1) is 12.8 Å². The van der Waals surface area contributed by atoms with Crippen LogP contribution >= 0.6 is 12.4 Å². The van der Waals surface area contributed by atoms with Crippen LogP contribution in [-0.4, -0.2) is 12.5 Å². The number of nitrogens with two attached hydrogens (primary N) is 1. The van der Waals surface area contributed by atoms with Crippen molar-refractivity contribution in [2.45, 2.75) is 27.2 Å². The van der Waals surface area contributed by atoms with Gasteiger partial charge in [-0.2, -0.15) is 0 Å². The van der Waals surface area contributed by atoms with Gasteiger partial charge in [0, 0.05) is 18.2 Å². The summed E-state index contributed by atoms with van der Waals surface area (Å²) in [7, 11) is 0. The summed E-state index contributed by atoms with van der Waals surface area (Å²) in [6.07, 6.45) is 0.974. The van der Waals surface area contributed by atoms with E-state index in [4.69, 9.17) is 5.73 Å². The summed E-state index contributed by atoms with van der Waals surface area (Å²) >= 11 is 0. The summed E-state index contributed by atoms with van der Waals surface area (Å²) in [5.74, 6) is -0.167. The van der Waals surface area contributed by atoms with Crippen molar-refractivity contribution < 1.29 is 4.79 Å². The third-order valence-corrected chi connectivity index (χ3v) is 2.80. The highest BCUT2D eigenvalue weighted by atomic mass is 35.5. The number of nitrogens with one attached hydrogen (secondary N) is 1. The van der Waals surface area contributed by atoms with Crippen LogP contribution in [0.2, 0.25) is 0 Å². The summed E-state index contributed by atoms with van der Waals surface area (Å²) in [5, 5.41) is 2.88. The van der Waals surface area contributed by atoms with Crippen molar-refractivity contribution >= 4 is 24.0 Å². The number of hydrogen-bond donors (Lipinski definition) is 2. The minimum Gasteiger partial charge on any atom is -0.330 e. The molecule has 1 amide bonds. The van der Waals surface area contributed by atoms with E-state index in [1.165, 1.54) is 11.1 Å². The molecule has 1 aromatic carbocycles. The second kappa shape index (κ2) is 7.30. The molecule has 1 aromatic rings. The first kappa shape index (κ1) is 15.9. The molecule has 0 aromatic heterocycles. The van der Waals surface area contributed by atoms with Crippen molar-refractivity contribution in [2.24, 2.45) is 11.7 Å². The fraction of sp³-hybridized carbons (Fsp3) is 0.462. The van der Waals surface area contributed by atoms with E-state index < -0.39 is 0 Å². The van der Waals surface area contributed by atoms with Crippen LogP contribution in [0.15, 0.2) is 18.2 Å². The van der Waals surface area contributed by atoms with Gasteiger partial charge in [-0.15, -0.1) is 12.4 Å². The van der Waals surface area contributed by atoms with Gasteiger partial charge in [-0.05, 0) is 36.6 Å². The molecule has 0 heterocycles. The van der Waals surface area contributed by atoms with Gasteiger partial charge in [0.05, 0.1) is 0 Å². The van der Waals surface area contributed by atoms with Crippen molar-refractivity contribution in [3.63, 3.8) is 0 Å². The maximum atomic E-state index is 11.6. The smallest absolute Gasteiger partial charge is 0.228 e. The first-order valence-electron chi connectivity index (χ1n) is 5.69.